The molecule has 0 aliphatic carbocycles. The summed E-state index contributed by atoms with van der Waals surface area (Å²) in [6.45, 7) is 4.47. The van der Waals surface area contributed by atoms with E-state index in [0.29, 0.717) is 29.7 Å². The van der Waals surface area contributed by atoms with Crippen molar-refractivity contribution in [2.24, 2.45) is 5.92 Å². The molecule has 1 aliphatic heterocycles. The Bertz CT molecular complexity index is 887. The Hall–Kier alpha value is -2.08. The number of benzene rings is 2. The van der Waals surface area contributed by atoms with Crippen molar-refractivity contribution in [1.82, 2.24) is 4.90 Å². The van der Waals surface area contributed by atoms with Crippen LogP contribution in [0, 0.1) is 5.92 Å². The van der Waals surface area contributed by atoms with Gasteiger partial charge in [-0.2, -0.15) is 0 Å². The second kappa shape index (κ2) is 10.8. The molecule has 0 saturated carbocycles. The molecule has 1 saturated heterocycles. The Kier molecular flexibility index (Phi) is 8.14. The van der Waals surface area contributed by atoms with E-state index in [9.17, 15) is 9.59 Å². The topological polar surface area (TPSA) is 58.6 Å². The van der Waals surface area contributed by atoms with E-state index in [1.165, 1.54) is 0 Å². The van der Waals surface area contributed by atoms with Crippen molar-refractivity contribution in [1.29, 1.82) is 0 Å². The van der Waals surface area contributed by atoms with Crippen LogP contribution in [0.25, 0.3) is 0 Å². The molecule has 160 valence electrons. The fourth-order valence-corrected chi connectivity index (χ4v) is 4.10. The molecule has 1 heterocycles. The Morgan fingerprint density at radius 1 is 1.17 bits per heavy atom. The number of halogens is 2. The van der Waals surface area contributed by atoms with E-state index in [-0.39, 0.29) is 24.2 Å². The van der Waals surface area contributed by atoms with E-state index in [1.54, 1.807) is 13.0 Å². The SMILES string of the molecule is CCOC(=O)Cc1ccc(NC(=O)C2CCCN(Cc3ccc(Cl)cc3Cl)C2)cc1. The summed E-state index contributed by atoms with van der Waals surface area (Å²) < 4.78 is 4.96. The molecule has 1 unspecified atom stereocenters. The van der Waals surface area contributed by atoms with Gasteiger partial charge in [-0.25, -0.2) is 0 Å². The maximum absolute atomic E-state index is 12.8. The molecule has 5 nitrogen and oxygen atoms in total. The first-order valence-corrected chi connectivity index (χ1v) is 10.9. The van der Waals surface area contributed by atoms with E-state index < -0.39 is 0 Å². The number of carbonyl (C=O) groups is 2. The fourth-order valence-electron chi connectivity index (χ4n) is 3.63. The summed E-state index contributed by atoms with van der Waals surface area (Å²) in [5.74, 6) is -0.318. The van der Waals surface area contributed by atoms with Crippen LogP contribution in [0.1, 0.15) is 30.9 Å². The maximum atomic E-state index is 12.8. The van der Waals surface area contributed by atoms with Crippen LogP contribution in [0.3, 0.4) is 0 Å². The fraction of sp³-hybridized carbons (Fsp3) is 0.391. The number of nitrogens with zero attached hydrogens (tertiary/aromatic N) is 1. The summed E-state index contributed by atoms with van der Waals surface area (Å²) in [6, 6.07) is 12.8. The Morgan fingerprint density at radius 2 is 1.93 bits per heavy atom. The lowest BCUT2D eigenvalue weighted by atomic mass is 9.96. The number of rotatable bonds is 7. The second-order valence-electron chi connectivity index (χ2n) is 7.48. The summed E-state index contributed by atoms with van der Waals surface area (Å²) in [5, 5.41) is 4.26. The van der Waals surface area contributed by atoms with Crippen LogP contribution < -0.4 is 5.32 Å². The van der Waals surface area contributed by atoms with E-state index in [0.717, 1.165) is 36.2 Å². The molecular weight excluding hydrogens is 423 g/mol. The van der Waals surface area contributed by atoms with Crippen molar-refractivity contribution in [2.75, 3.05) is 25.0 Å². The minimum absolute atomic E-state index is 0.0139. The van der Waals surface area contributed by atoms with Crippen molar-refractivity contribution in [3.8, 4) is 0 Å². The number of anilines is 1. The van der Waals surface area contributed by atoms with Gasteiger partial charge in [-0.05, 0) is 61.7 Å². The molecule has 3 rings (SSSR count). The van der Waals surface area contributed by atoms with Crippen molar-refractivity contribution in [3.63, 3.8) is 0 Å². The molecule has 2 aromatic rings. The zero-order chi connectivity index (χ0) is 21.5. The molecule has 0 aromatic heterocycles. The zero-order valence-corrected chi connectivity index (χ0v) is 18.5. The number of likely N-dealkylation sites (tertiary alicyclic amines) is 1. The van der Waals surface area contributed by atoms with Crippen LogP contribution >= 0.6 is 23.2 Å². The van der Waals surface area contributed by atoms with Gasteiger partial charge < -0.3 is 10.1 Å². The van der Waals surface area contributed by atoms with Crippen molar-refractivity contribution in [3.05, 3.63) is 63.6 Å². The van der Waals surface area contributed by atoms with Gasteiger partial charge in [0.2, 0.25) is 5.91 Å². The number of nitrogens with one attached hydrogen (secondary N) is 1. The lowest BCUT2D eigenvalue weighted by Crippen LogP contribution is -2.40. The highest BCUT2D eigenvalue weighted by Crippen LogP contribution is 2.25. The summed E-state index contributed by atoms with van der Waals surface area (Å²) in [5.41, 5.74) is 2.60. The van der Waals surface area contributed by atoms with Gasteiger partial charge in [0.1, 0.15) is 0 Å². The van der Waals surface area contributed by atoms with Gasteiger partial charge in [0.15, 0.2) is 0 Å². The molecule has 2 aromatic carbocycles. The molecule has 0 radical (unpaired) electrons. The van der Waals surface area contributed by atoms with Gasteiger partial charge in [0.25, 0.3) is 0 Å². The van der Waals surface area contributed by atoms with Crippen LogP contribution in [0.2, 0.25) is 10.0 Å². The lowest BCUT2D eigenvalue weighted by molar-refractivity contribution is -0.142. The highest BCUT2D eigenvalue weighted by atomic mass is 35.5. The molecule has 1 amide bonds. The third-order valence-corrected chi connectivity index (χ3v) is 5.75. The highest BCUT2D eigenvalue weighted by Gasteiger charge is 2.26. The van der Waals surface area contributed by atoms with Gasteiger partial charge >= 0.3 is 5.97 Å². The van der Waals surface area contributed by atoms with Crippen LogP contribution in [-0.2, 0) is 27.3 Å². The Morgan fingerprint density at radius 3 is 2.63 bits per heavy atom. The van der Waals surface area contributed by atoms with Gasteiger partial charge in [-0.1, -0.05) is 41.4 Å². The highest BCUT2D eigenvalue weighted by molar-refractivity contribution is 6.35. The predicted molar refractivity (Wildman–Crippen MR) is 120 cm³/mol. The molecule has 1 atom stereocenters. The first-order chi connectivity index (χ1) is 14.4. The quantitative estimate of drug-likeness (QED) is 0.608. The zero-order valence-electron chi connectivity index (χ0n) is 17.0. The number of esters is 1. The largest absolute Gasteiger partial charge is 0.466 e. The average Bonchev–Trinajstić information content (AvgIpc) is 2.72. The molecule has 1 N–H and O–H groups in total. The van der Waals surface area contributed by atoms with Crippen LogP contribution in [0.4, 0.5) is 5.69 Å². The smallest absolute Gasteiger partial charge is 0.310 e. The first kappa shape index (κ1) is 22.6. The molecule has 0 bridgehead atoms. The van der Waals surface area contributed by atoms with E-state index in [2.05, 4.69) is 10.2 Å². The summed E-state index contributed by atoms with van der Waals surface area (Å²) in [6.07, 6.45) is 2.05. The predicted octanol–water partition coefficient (Wildman–Crippen LogP) is 4.95. The number of carbonyl (C=O) groups excluding carboxylic acids is 2. The van der Waals surface area contributed by atoms with Crippen LogP contribution in [0.5, 0.6) is 0 Å². The third kappa shape index (κ3) is 6.46. The van der Waals surface area contributed by atoms with Crippen LogP contribution in [-0.4, -0.2) is 36.5 Å². The van der Waals surface area contributed by atoms with Crippen molar-refractivity contribution >= 4 is 40.8 Å². The normalized spacial score (nSPS) is 16.8. The number of hydrogen-bond acceptors (Lipinski definition) is 4. The molecule has 1 fully saturated rings. The van der Waals surface area contributed by atoms with E-state index in [1.807, 2.05) is 36.4 Å². The van der Waals surface area contributed by atoms with Gasteiger partial charge in [0, 0.05) is 28.8 Å². The Balaban J connectivity index is 1.54. The average molecular weight is 449 g/mol. The lowest BCUT2D eigenvalue weighted by Gasteiger charge is -2.32. The minimum Gasteiger partial charge on any atom is -0.466 e. The van der Waals surface area contributed by atoms with Crippen molar-refractivity contribution < 1.29 is 14.3 Å². The number of piperidine rings is 1. The molecule has 1 aliphatic rings. The van der Waals surface area contributed by atoms with Gasteiger partial charge in [-0.15, -0.1) is 0 Å². The summed E-state index contributed by atoms with van der Waals surface area (Å²) in [4.78, 5) is 26.6. The second-order valence-corrected chi connectivity index (χ2v) is 8.32. The summed E-state index contributed by atoms with van der Waals surface area (Å²) in [7, 11) is 0. The van der Waals surface area contributed by atoms with Crippen molar-refractivity contribution in [2.45, 2.75) is 32.7 Å². The standard InChI is InChI=1S/C23H26Cl2N2O3/c1-2-30-22(28)12-16-5-9-20(10-6-16)26-23(29)18-4-3-11-27(15-18)14-17-7-8-19(24)13-21(17)25/h5-10,13,18H,2-4,11-12,14-15H2,1H3,(H,26,29). The third-order valence-electron chi connectivity index (χ3n) is 5.16. The Labute approximate surface area is 187 Å². The number of ether oxygens (including phenoxy) is 1. The molecular formula is C23H26Cl2N2O3. The molecule has 30 heavy (non-hydrogen) atoms. The minimum atomic E-state index is -0.252. The molecule has 0 spiro atoms. The van der Waals surface area contributed by atoms with Crippen LogP contribution in [0.15, 0.2) is 42.5 Å². The molecule has 7 heteroatoms. The first-order valence-electron chi connectivity index (χ1n) is 10.2. The van der Waals surface area contributed by atoms with Gasteiger partial charge in [-0.3, -0.25) is 14.5 Å². The number of hydrogen-bond donors (Lipinski definition) is 1. The van der Waals surface area contributed by atoms with E-state index in [4.69, 9.17) is 27.9 Å². The van der Waals surface area contributed by atoms with E-state index >= 15 is 0 Å². The van der Waals surface area contributed by atoms with Gasteiger partial charge in [0.05, 0.1) is 18.9 Å². The number of amides is 1. The summed E-state index contributed by atoms with van der Waals surface area (Å²) >= 11 is 12.3. The maximum Gasteiger partial charge on any atom is 0.310 e. The monoisotopic (exact) mass is 448 g/mol.